The Balaban J connectivity index is 2.03. The number of aromatic nitrogens is 4. The summed E-state index contributed by atoms with van der Waals surface area (Å²) in [4.78, 5) is 17.7. The van der Waals surface area contributed by atoms with Crippen molar-refractivity contribution in [3.05, 3.63) is 12.7 Å². The molecule has 0 fully saturated rings. The third kappa shape index (κ3) is 2.71. The van der Waals surface area contributed by atoms with Crippen LogP contribution in [0, 0.1) is 0 Å². The van der Waals surface area contributed by atoms with E-state index < -0.39 is 0 Å². The lowest BCUT2D eigenvalue weighted by Gasteiger charge is -2.17. The normalized spacial score (nSPS) is 10.9. The van der Waals surface area contributed by atoms with Crippen LogP contribution in [0.1, 0.15) is 19.3 Å². The molecule has 92 valence electrons. The quantitative estimate of drug-likeness (QED) is 0.726. The van der Waals surface area contributed by atoms with Crippen molar-refractivity contribution < 1.29 is 0 Å². The zero-order valence-corrected chi connectivity index (χ0v) is 10.1. The zero-order valence-electron chi connectivity index (χ0n) is 10.1. The Bertz CT molecular complexity index is 466. The number of nitrogens with zero attached hydrogens (tertiary/aromatic N) is 4. The minimum absolute atomic E-state index is 0.712. The second-order valence-corrected chi connectivity index (χ2v) is 4.07. The predicted molar refractivity (Wildman–Crippen MR) is 67.9 cm³/mol. The smallest absolute Gasteiger partial charge is 0.182 e. The predicted octanol–water partition coefficient (Wildman–Crippen LogP) is 0.918. The molecule has 0 amide bonds. The topological polar surface area (TPSA) is 83.7 Å². The van der Waals surface area contributed by atoms with Crippen LogP contribution in [0.25, 0.3) is 11.2 Å². The minimum Gasteiger partial charge on any atom is -0.358 e. The van der Waals surface area contributed by atoms with Gasteiger partial charge >= 0.3 is 0 Å². The molecular weight excluding hydrogens is 216 g/mol. The average molecular weight is 234 g/mol. The Morgan fingerprint density at radius 2 is 2.12 bits per heavy atom. The Hall–Kier alpha value is -1.69. The molecule has 0 aromatic carbocycles. The maximum absolute atomic E-state index is 5.47. The van der Waals surface area contributed by atoms with Crippen molar-refractivity contribution in [2.45, 2.75) is 19.3 Å². The molecular formula is C11H18N6. The van der Waals surface area contributed by atoms with Crippen molar-refractivity contribution in [2.24, 2.45) is 5.73 Å². The van der Waals surface area contributed by atoms with Gasteiger partial charge in [0.2, 0.25) is 0 Å². The molecule has 0 saturated carbocycles. The highest BCUT2D eigenvalue weighted by Gasteiger charge is 2.09. The summed E-state index contributed by atoms with van der Waals surface area (Å²) >= 11 is 0. The fourth-order valence-electron chi connectivity index (χ4n) is 1.82. The van der Waals surface area contributed by atoms with E-state index in [9.17, 15) is 0 Å². The van der Waals surface area contributed by atoms with Gasteiger partial charge in [-0.2, -0.15) is 0 Å². The number of hydrogen-bond donors (Lipinski definition) is 2. The Morgan fingerprint density at radius 3 is 2.94 bits per heavy atom. The number of hydrogen-bond acceptors (Lipinski definition) is 5. The number of rotatable bonds is 6. The van der Waals surface area contributed by atoms with Crippen LogP contribution in [-0.2, 0) is 0 Å². The summed E-state index contributed by atoms with van der Waals surface area (Å²) in [5.41, 5.74) is 7.08. The van der Waals surface area contributed by atoms with Crippen LogP contribution in [0.15, 0.2) is 12.7 Å². The molecule has 2 aromatic rings. The van der Waals surface area contributed by atoms with E-state index in [0.717, 1.165) is 43.7 Å². The number of aromatic amines is 1. The van der Waals surface area contributed by atoms with Gasteiger partial charge in [-0.25, -0.2) is 15.0 Å². The average Bonchev–Trinajstić information content (AvgIpc) is 2.82. The summed E-state index contributed by atoms with van der Waals surface area (Å²) in [5, 5.41) is 0. The molecule has 3 N–H and O–H groups in total. The first-order valence-corrected chi connectivity index (χ1v) is 5.88. The van der Waals surface area contributed by atoms with Crippen LogP contribution >= 0.6 is 0 Å². The Kier molecular flexibility index (Phi) is 3.87. The van der Waals surface area contributed by atoms with Crippen molar-refractivity contribution in [1.82, 2.24) is 19.9 Å². The van der Waals surface area contributed by atoms with Crippen LogP contribution in [-0.4, -0.2) is 40.1 Å². The number of anilines is 1. The summed E-state index contributed by atoms with van der Waals surface area (Å²) in [6.45, 7) is 1.73. The fraction of sp³-hybridized carbons (Fsp3) is 0.545. The molecule has 2 heterocycles. The molecule has 0 unspecified atom stereocenters. The molecule has 0 radical (unpaired) electrons. The molecule has 0 aliphatic rings. The maximum Gasteiger partial charge on any atom is 0.182 e. The molecule has 0 atom stereocenters. The van der Waals surface area contributed by atoms with Crippen molar-refractivity contribution >= 4 is 17.0 Å². The first-order valence-electron chi connectivity index (χ1n) is 5.88. The van der Waals surface area contributed by atoms with Gasteiger partial charge in [-0.3, -0.25) is 0 Å². The van der Waals surface area contributed by atoms with E-state index in [2.05, 4.69) is 24.8 Å². The van der Waals surface area contributed by atoms with Crippen LogP contribution in [0.2, 0.25) is 0 Å². The largest absolute Gasteiger partial charge is 0.358 e. The molecule has 0 aliphatic carbocycles. The fourth-order valence-corrected chi connectivity index (χ4v) is 1.82. The van der Waals surface area contributed by atoms with E-state index in [0.29, 0.717) is 5.65 Å². The number of imidazole rings is 1. The molecule has 0 bridgehead atoms. The highest BCUT2D eigenvalue weighted by molar-refractivity contribution is 5.82. The second-order valence-electron chi connectivity index (χ2n) is 4.07. The van der Waals surface area contributed by atoms with Gasteiger partial charge in [0, 0.05) is 13.6 Å². The van der Waals surface area contributed by atoms with Gasteiger partial charge < -0.3 is 15.6 Å². The summed E-state index contributed by atoms with van der Waals surface area (Å²) in [6, 6.07) is 0. The van der Waals surface area contributed by atoms with Crippen molar-refractivity contribution in [2.75, 3.05) is 25.0 Å². The lowest BCUT2D eigenvalue weighted by Crippen LogP contribution is -2.20. The standard InChI is InChI=1S/C11H18N6/c1-17(6-4-2-3-5-12)11-9-10(14-7-13-9)15-8-16-11/h7-8H,2-6,12H2,1H3,(H,13,14,15,16). The zero-order chi connectivity index (χ0) is 12.1. The number of nitrogens with two attached hydrogens (primary N) is 1. The molecule has 6 heteroatoms. The van der Waals surface area contributed by atoms with Crippen LogP contribution in [0.3, 0.4) is 0 Å². The highest BCUT2D eigenvalue weighted by atomic mass is 15.2. The van der Waals surface area contributed by atoms with E-state index >= 15 is 0 Å². The molecule has 6 nitrogen and oxygen atoms in total. The number of H-pyrrole nitrogens is 1. The van der Waals surface area contributed by atoms with Crippen molar-refractivity contribution in [3.63, 3.8) is 0 Å². The van der Waals surface area contributed by atoms with E-state index in [1.54, 1.807) is 12.7 Å². The van der Waals surface area contributed by atoms with Gasteiger partial charge in [0.05, 0.1) is 6.33 Å². The molecule has 2 aromatic heterocycles. The van der Waals surface area contributed by atoms with Gasteiger partial charge in [-0.15, -0.1) is 0 Å². The van der Waals surface area contributed by atoms with Crippen molar-refractivity contribution in [1.29, 1.82) is 0 Å². The van der Waals surface area contributed by atoms with E-state index in [1.165, 1.54) is 0 Å². The summed E-state index contributed by atoms with van der Waals surface area (Å²) in [7, 11) is 2.03. The minimum atomic E-state index is 0.712. The van der Waals surface area contributed by atoms with Crippen LogP contribution in [0.4, 0.5) is 5.82 Å². The molecule has 0 saturated heterocycles. The monoisotopic (exact) mass is 234 g/mol. The van der Waals surface area contributed by atoms with Gasteiger partial charge in [0.1, 0.15) is 11.8 Å². The third-order valence-electron chi connectivity index (χ3n) is 2.76. The lowest BCUT2D eigenvalue weighted by atomic mass is 10.2. The van der Waals surface area contributed by atoms with Crippen LogP contribution < -0.4 is 10.6 Å². The van der Waals surface area contributed by atoms with E-state index in [4.69, 9.17) is 5.73 Å². The van der Waals surface area contributed by atoms with Gasteiger partial charge in [0.15, 0.2) is 11.5 Å². The van der Waals surface area contributed by atoms with Gasteiger partial charge in [-0.05, 0) is 19.4 Å². The summed E-state index contributed by atoms with van der Waals surface area (Å²) in [5.74, 6) is 0.903. The Labute approximate surface area is 100 Å². The number of nitrogens with one attached hydrogen (secondary N) is 1. The van der Waals surface area contributed by atoms with E-state index in [1.807, 2.05) is 7.05 Å². The first-order chi connectivity index (χ1) is 8.33. The Morgan fingerprint density at radius 1 is 1.24 bits per heavy atom. The molecule has 0 aliphatic heterocycles. The number of unbranched alkanes of at least 4 members (excludes halogenated alkanes) is 2. The molecule has 17 heavy (non-hydrogen) atoms. The van der Waals surface area contributed by atoms with E-state index in [-0.39, 0.29) is 0 Å². The van der Waals surface area contributed by atoms with Gasteiger partial charge in [0.25, 0.3) is 0 Å². The lowest BCUT2D eigenvalue weighted by molar-refractivity contribution is 0.676. The number of fused-ring (bicyclic) bond motifs is 1. The summed E-state index contributed by atoms with van der Waals surface area (Å²) < 4.78 is 0. The highest BCUT2D eigenvalue weighted by Crippen LogP contribution is 2.18. The third-order valence-corrected chi connectivity index (χ3v) is 2.76. The first kappa shape index (κ1) is 11.8. The maximum atomic E-state index is 5.47. The molecule has 0 spiro atoms. The van der Waals surface area contributed by atoms with Crippen LogP contribution in [0.5, 0.6) is 0 Å². The van der Waals surface area contributed by atoms with Crippen molar-refractivity contribution in [3.8, 4) is 0 Å². The SMILES string of the molecule is CN(CCCCCN)c1ncnc2nc[nH]c12. The second kappa shape index (κ2) is 5.58. The summed E-state index contributed by atoms with van der Waals surface area (Å²) in [6.07, 6.45) is 6.54. The van der Waals surface area contributed by atoms with Gasteiger partial charge in [-0.1, -0.05) is 6.42 Å². The molecule has 2 rings (SSSR count).